The average molecular weight is 401 g/mol. The Balaban J connectivity index is 0.00000243. The molecule has 26 heavy (non-hydrogen) atoms. The second-order valence-corrected chi connectivity index (χ2v) is 8.75. The summed E-state index contributed by atoms with van der Waals surface area (Å²) < 4.78 is 0. The first kappa shape index (κ1) is 21.5. The molecule has 1 aromatic rings. The summed E-state index contributed by atoms with van der Waals surface area (Å²) in [6.45, 7) is 5.16. The Labute approximate surface area is 167 Å². The SMILES string of the molecule is CC1(C)CN(C(=O)[C@H]2CCCC[C@H]2N)CCC1(O)c1ccc(Cl)cc1.Cl. The van der Waals surface area contributed by atoms with Crippen molar-refractivity contribution in [2.24, 2.45) is 17.1 Å². The number of halogens is 2. The minimum atomic E-state index is -0.969. The molecule has 2 fully saturated rings. The van der Waals surface area contributed by atoms with Gasteiger partial charge in [-0.2, -0.15) is 0 Å². The number of amides is 1. The van der Waals surface area contributed by atoms with Crippen LogP contribution in [0.25, 0.3) is 0 Å². The molecule has 6 heteroatoms. The molecule has 0 aromatic heterocycles. The van der Waals surface area contributed by atoms with E-state index < -0.39 is 11.0 Å². The van der Waals surface area contributed by atoms with E-state index in [2.05, 4.69) is 0 Å². The predicted octanol–water partition coefficient (Wildman–Crippen LogP) is 3.73. The molecule has 0 radical (unpaired) electrons. The summed E-state index contributed by atoms with van der Waals surface area (Å²) in [5.74, 6) is 0.102. The van der Waals surface area contributed by atoms with Gasteiger partial charge in [0.05, 0.1) is 11.5 Å². The van der Waals surface area contributed by atoms with Gasteiger partial charge in [0, 0.05) is 29.6 Å². The lowest BCUT2D eigenvalue weighted by molar-refractivity contribution is -0.157. The first-order chi connectivity index (χ1) is 11.7. The minimum Gasteiger partial charge on any atom is -0.384 e. The molecular formula is C20H30Cl2N2O2. The normalized spacial score (nSPS) is 31.2. The van der Waals surface area contributed by atoms with Crippen LogP contribution in [0.3, 0.4) is 0 Å². The molecular weight excluding hydrogens is 371 g/mol. The van der Waals surface area contributed by atoms with Crippen molar-refractivity contribution >= 4 is 29.9 Å². The number of nitrogens with zero attached hydrogens (tertiary/aromatic N) is 1. The molecule has 1 saturated carbocycles. The molecule has 1 unspecified atom stereocenters. The number of piperidine rings is 1. The van der Waals surface area contributed by atoms with Gasteiger partial charge >= 0.3 is 0 Å². The third-order valence-electron chi connectivity index (χ3n) is 6.22. The minimum absolute atomic E-state index is 0. The Morgan fingerprint density at radius 2 is 1.85 bits per heavy atom. The van der Waals surface area contributed by atoms with E-state index in [-0.39, 0.29) is 30.3 Å². The van der Waals surface area contributed by atoms with Gasteiger partial charge in [0.15, 0.2) is 0 Å². The standard InChI is InChI=1S/C20H29ClN2O2.ClH/c1-19(2)13-23(18(24)16-5-3-4-6-17(16)22)12-11-20(19,25)14-7-9-15(21)10-8-14;/h7-10,16-17,25H,3-6,11-13,22H2,1-2H3;1H/t16-,17+,20?;/m0./s1. The number of hydrogen-bond donors (Lipinski definition) is 2. The van der Waals surface area contributed by atoms with Crippen LogP contribution in [0.1, 0.15) is 51.5 Å². The van der Waals surface area contributed by atoms with Crippen LogP contribution in [0.15, 0.2) is 24.3 Å². The van der Waals surface area contributed by atoms with Crippen LogP contribution < -0.4 is 5.73 Å². The maximum Gasteiger partial charge on any atom is 0.227 e. The molecule has 1 aliphatic carbocycles. The number of benzene rings is 1. The van der Waals surface area contributed by atoms with E-state index in [0.29, 0.717) is 24.5 Å². The van der Waals surface area contributed by atoms with Gasteiger partial charge in [0.2, 0.25) is 5.91 Å². The fourth-order valence-electron chi connectivity index (χ4n) is 4.47. The number of rotatable bonds is 2. The second kappa shape index (κ2) is 8.05. The largest absolute Gasteiger partial charge is 0.384 e. The molecule has 146 valence electrons. The third kappa shape index (κ3) is 3.89. The van der Waals surface area contributed by atoms with Gasteiger partial charge in [-0.25, -0.2) is 0 Å². The zero-order chi connectivity index (χ0) is 18.2. The topological polar surface area (TPSA) is 66.6 Å². The van der Waals surface area contributed by atoms with Gasteiger partial charge < -0.3 is 15.7 Å². The summed E-state index contributed by atoms with van der Waals surface area (Å²) in [6, 6.07) is 7.37. The van der Waals surface area contributed by atoms with E-state index in [0.717, 1.165) is 31.2 Å². The van der Waals surface area contributed by atoms with Crippen molar-refractivity contribution in [2.75, 3.05) is 13.1 Å². The van der Waals surface area contributed by atoms with Crippen molar-refractivity contribution in [1.82, 2.24) is 4.90 Å². The van der Waals surface area contributed by atoms with Gasteiger partial charge in [-0.15, -0.1) is 12.4 Å². The lowest BCUT2D eigenvalue weighted by Gasteiger charge is -2.51. The van der Waals surface area contributed by atoms with E-state index in [1.807, 2.05) is 43.0 Å². The number of carbonyl (C=O) groups is 1. The Kier molecular flexibility index (Phi) is 6.66. The van der Waals surface area contributed by atoms with Gasteiger partial charge in [-0.05, 0) is 37.0 Å². The summed E-state index contributed by atoms with van der Waals surface area (Å²) in [5, 5.41) is 12.1. The van der Waals surface area contributed by atoms with Crippen LogP contribution in [0.5, 0.6) is 0 Å². The smallest absolute Gasteiger partial charge is 0.227 e. The maximum absolute atomic E-state index is 13.0. The average Bonchev–Trinajstić information content (AvgIpc) is 2.57. The van der Waals surface area contributed by atoms with Crippen LogP contribution in [0, 0.1) is 11.3 Å². The first-order valence-electron chi connectivity index (χ1n) is 9.27. The molecule has 1 saturated heterocycles. The highest BCUT2D eigenvalue weighted by Crippen LogP contribution is 2.46. The Hall–Kier alpha value is -0.810. The van der Waals surface area contributed by atoms with Crippen molar-refractivity contribution in [1.29, 1.82) is 0 Å². The number of carbonyl (C=O) groups excluding carboxylic acids is 1. The van der Waals surface area contributed by atoms with E-state index in [1.54, 1.807) is 0 Å². The molecule has 1 heterocycles. The highest BCUT2D eigenvalue weighted by Gasteiger charge is 2.50. The summed E-state index contributed by atoms with van der Waals surface area (Å²) in [5.41, 5.74) is 5.65. The van der Waals surface area contributed by atoms with Gasteiger partial charge in [0.25, 0.3) is 0 Å². The van der Waals surface area contributed by atoms with Crippen LogP contribution >= 0.6 is 24.0 Å². The molecule has 1 aliphatic heterocycles. The highest BCUT2D eigenvalue weighted by atomic mass is 35.5. The molecule has 3 atom stereocenters. The molecule has 2 aliphatic rings. The van der Waals surface area contributed by atoms with Gasteiger partial charge in [-0.3, -0.25) is 4.79 Å². The Morgan fingerprint density at radius 1 is 1.23 bits per heavy atom. The monoisotopic (exact) mass is 400 g/mol. The van der Waals surface area contributed by atoms with E-state index >= 15 is 0 Å². The van der Waals surface area contributed by atoms with Crippen molar-refractivity contribution in [3.63, 3.8) is 0 Å². The van der Waals surface area contributed by atoms with E-state index in [4.69, 9.17) is 17.3 Å². The molecule has 3 N–H and O–H groups in total. The lowest BCUT2D eigenvalue weighted by Crippen LogP contribution is -2.58. The fraction of sp³-hybridized carbons (Fsp3) is 0.650. The van der Waals surface area contributed by atoms with Gasteiger partial charge in [-0.1, -0.05) is 50.4 Å². The maximum atomic E-state index is 13.0. The lowest BCUT2D eigenvalue weighted by atomic mass is 9.66. The zero-order valence-electron chi connectivity index (χ0n) is 15.6. The van der Waals surface area contributed by atoms with Gasteiger partial charge in [0.1, 0.15) is 0 Å². The van der Waals surface area contributed by atoms with Crippen LogP contribution in [0.4, 0.5) is 0 Å². The predicted molar refractivity (Wildman–Crippen MR) is 108 cm³/mol. The van der Waals surface area contributed by atoms with Crippen LogP contribution in [-0.4, -0.2) is 35.0 Å². The van der Waals surface area contributed by atoms with E-state index in [1.165, 1.54) is 0 Å². The third-order valence-corrected chi connectivity index (χ3v) is 6.47. The van der Waals surface area contributed by atoms with E-state index in [9.17, 15) is 9.90 Å². The Bertz CT molecular complexity index is 635. The van der Waals surface area contributed by atoms with Crippen molar-refractivity contribution in [3.8, 4) is 0 Å². The first-order valence-corrected chi connectivity index (χ1v) is 9.65. The zero-order valence-corrected chi connectivity index (χ0v) is 17.2. The fourth-order valence-corrected chi connectivity index (χ4v) is 4.60. The van der Waals surface area contributed by atoms with Crippen molar-refractivity contribution < 1.29 is 9.90 Å². The van der Waals surface area contributed by atoms with Crippen molar-refractivity contribution in [3.05, 3.63) is 34.9 Å². The quantitative estimate of drug-likeness (QED) is 0.794. The molecule has 3 rings (SSSR count). The second-order valence-electron chi connectivity index (χ2n) is 8.32. The molecule has 4 nitrogen and oxygen atoms in total. The Morgan fingerprint density at radius 3 is 2.42 bits per heavy atom. The van der Waals surface area contributed by atoms with Crippen LogP contribution in [-0.2, 0) is 10.4 Å². The number of hydrogen-bond acceptors (Lipinski definition) is 3. The highest BCUT2D eigenvalue weighted by molar-refractivity contribution is 6.30. The summed E-state index contributed by atoms with van der Waals surface area (Å²) in [6.07, 6.45) is 4.54. The van der Waals surface area contributed by atoms with Crippen LogP contribution in [0.2, 0.25) is 5.02 Å². The summed E-state index contributed by atoms with van der Waals surface area (Å²) >= 11 is 5.99. The van der Waals surface area contributed by atoms with Crippen molar-refractivity contribution in [2.45, 2.75) is 57.6 Å². The summed E-state index contributed by atoms with van der Waals surface area (Å²) in [4.78, 5) is 14.9. The number of aliphatic hydroxyl groups is 1. The molecule has 1 amide bonds. The number of likely N-dealkylation sites (tertiary alicyclic amines) is 1. The summed E-state index contributed by atoms with van der Waals surface area (Å²) in [7, 11) is 0. The molecule has 1 aromatic carbocycles. The molecule has 0 bridgehead atoms. The molecule has 0 spiro atoms. The number of nitrogens with two attached hydrogens (primary N) is 1.